The van der Waals surface area contributed by atoms with Crippen LogP contribution in [-0.2, 0) is 0 Å². The highest BCUT2D eigenvalue weighted by atomic mass is 16.5. The topological polar surface area (TPSA) is 23.1 Å². The van der Waals surface area contributed by atoms with Crippen LogP contribution < -0.4 is 0 Å². The average Bonchev–Trinajstić information content (AvgIpc) is 1.14. The largest absolute Gasteiger partial charge is 0.633 e. The van der Waals surface area contributed by atoms with Gasteiger partial charge in [-0.25, -0.2) is 0 Å². The van der Waals surface area contributed by atoms with Crippen LogP contribution in [0.2, 0.25) is 0 Å². The Kier molecular flexibility index (Phi) is 2.25. The van der Waals surface area contributed by atoms with E-state index in [9.17, 15) is 5.21 Å². The van der Waals surface area contributed by atoms with Crippen LogP contribution >= 0.6 is 0 Å². The molecule has 0 saturated carbocycles. The molecule has 9 heavy (non-hydrogen) atoms. The molecule has 0 atom stereocenters. The van der Waals surface area contributed by atoms with Crippen molar-refractivity contribution in [1.29, 1.82) is 0 Å². The van der Waals surface area contributed by atoms with E-state index in [-0.39, 0.29) is 10.1 Å². The summed E-state index contributed by atoms with van der Waals surface area (Å²) in [7, 11) is 3.34. The van der Waals surface area contributed by atoms with Crippen molar-refractivity contribution in [3.63, 3.8) is 0 Å². The zero-order chi connectivity index (χ0) is 7.71. The van der Waals surface area contributed by atoms with Crippen molar-refractivity contribution in [3.05, 3.63) is 5.21 Å². The highest BCUT2D eigenvalue weighted by Crippen LogP contribution is 2.16. The Morgan fingerprint density at radius 1 is 1.22 bits per heavy atom. The lowest BCUT2D eigenvalue weighted by atomic mass is 9.96. The SMILES string of the molecule is CC(C)(C)C[N+](C)(C)[O-]. The molecule has 56 valence electrons. The molecule has 0 rings (SSSR count). The lowest BCUT2D eigenvalue weighted by Crippen LogP contribution is -2.39. The minimum atomic E-state index is -0.191. The maximum absolute atomic E-state index is 11.1. The van der Waals surface area contributed by atoms with E-state index in [2.05, 4.69) is 20.8 Å². The predicted molar refractivity (Wildman–Crippen MR) is 39.8 cm³/mol. The molecule has 0 heterocycles. The van der Waals surface area contributed by atoms with Crippen LogP contribution in [-0.4, -0.2) is 25.3 Å². The van der Waals surface area contributed by atoms with Gasteiger partial charge in [0.25, 0.3) is 0 Å². The normalized spacial score (nSPS) is 14.0. The molecule has 0 fully saturated rings. The molecule has 0 amide bonds. The summed E-state index contributed by atoms with van der Waals surface area (Å²) in [6, 6.07) is 0. The second-order valence-corrected chi connectivity index (χ2v) is 4.29. The monoisotopic (exact) mass is 131 g/mol. The van der Waals surface area contributed by atoms with Crippen molar-refractivity contribution in [2.45, 2.75) is 20.8 Å². The second kappa shape index (κ2) is 2.27. The molecule has 0 radical (unpaired) electrons. The second-order valence-electron chi connectivity index (χ2n) is 4.29. The summed E-state index contributed by atoms with van der Waals surface area (Å²) in [5.41, 5.74) is 0.144. The van der Waals surface area contributed by atoms with Gasteiger partial charge in [-0.2, -0.15) is 0 Å². The van der Waals surface area contributed by atoms with Crippen LogP contribution in [0.5, 0.6) is 0 Å². The van der Waals surface area contributed by atoms with E-state index in [0.717, 1.165) is 0 Å². The van der Waals surface area contributed by atoms with E-state index in [1.165, 1.54) is 0 Å². The standard InChI is InChI=1S/C7H17NO/c1-7(2,3)6-8(4,5)9/h6H2,1-5H3. The molecular weight excluding hydrogens is 114 g/mol. The number of hydrogen-bond acceptors (Lipinski definition) is 1. The molecule has 0 bridgehead atoms. The van der Waals surface area contributed by atoms with E-state index in [1.54, 1.807) is 14.1 Å². The first-order valence-corrected chi connectivity index (χ1v) is 3.25. The van der Waals surface area contributed by atoms with Crippen molar-refractivity contribution in [1.82, 2.24) is 0 Å². The van der Waals surface area contributed by atoms with Crippen LogP contribution in [0, 0.1) is 10.6 Å². The van der Waals surface area contributed by atoms with E-state index in [1.807, 2.05) is 0 Å². The van der Waals surface area contributed by atoms with Gasteiger partial charge in [0.1, 0.15) is 0 Å². The molecule has 0 spiro atoms. The van der Waals surface area contributed by atoms with Crippen molar-refractivity contribution in [2.75, 3.05) is 20.6 Å². The van der Waals surface area contributed by atoms with Gasteiger partial charge in [0, 0.05) is 5.41 Å². The Balaban J connectivity index is 3.75. The minimum absolute atomic E-state index is 0.144. The summed E-state index contributed by atoms with van der Waals surface area (Å²) >= 11 is 0. The van der Waals surface area contributed by atoms with Gasteiger partial charge >= 0.3 is 0 Å². The molecule has 0 unspecified atom stereocenters. The molecule has 0 aromatic rings. The van der Waals surface area contributed by atoms with Gasteiger partial charge in [0.2, 0.25) is 0 Å². The number of hydroxylamine groups is 3. The fraction of sp³-hybridized carbons (Fsp3) is 1.00. The van der Waals surface area contributed by atoms with Crippen LogP contribution in [0.4, 0.5) is 0 Å². The summed E-state index contributed by atoms with van der Waals surface area (Å²) < 4.78 is -0.191. The highest BCUT2D eigenvalue weighted by molar-refractivity contribution is 4.59. The Hall–Kier alpha value is -0.0800. The van der Waals surface area contributed by atoms with E-state index in [0.29, 0.717) is 6.54 Å². The van der Waals surface area contributed by atoms with E-state index in [4.69, 9.17) is 0 Å². The fourth-order valence-corrected chi connectivity index (χ4v) is 1.14. The van der Waals surface area contributed by atoms with Gasteiger partial charge < -0.3 is 9.85 Å². The van der Waals surface area contributed by atoms with Crippen LogP contribution in [0.3, 0.4) is 0 Å². The first-order chi connectivity index (χ1) is 3.71. The average molecular weight is 131 g/mol. The molecule has 2 heteroatoms. The van der Waals surface area contributed by atoms with Crippen LogP contribution in [0.15, 0.2) is 0 Å². The van der Waals surface area contributed by atoms with Gasteiger partial charge in [-0.3, -0.25) is 0 Å². The fourth-order valence-electron chi connectivity index (χ4n) is 1.14. The van der Waals surface area contributed by atoms with Crippen LogP contribution in [0.25, 0.3) is 0 Å². The number of hydrogen-bond donors (Lipinski definition) is 0. The Morgan fingerprint density at radius 2 is 1.56 bits per heavy atom. The zero-order valence-electron chi connectivity index (χ0n) is 7.06. The van der Waals surface area contributed by atoms with Gasteiger partial charge in [0.15, 0.2) is 0 Å². The summed E-state index contributed by atoms with van der Waals surface area (Å²) in [6.07, 6.45) is 0. The Morgan fingerprint density at radius 3 is 1.56 bits per heavy atom. The molecule has 0 aromatic heterocycles. The molecule has 0 aliphatic rings. The first kappa shape index (κ1) is 8.92. The lowest BCUT2D eigenvalue weighted by Gasteiger charge is -2.39. The van der Waals surface area contributed by atoms with Crippen molar-refractivity contribution in [2.24, 2.45) is 5.41 Å². The lowest BCUT2D eigenvalue weighted by molar-refractivity contribution is -0.846. The maximum Gasteiger partial charge on any atom is 0.0828 e. The third-order valence-corrected chi connectivity index (χ3v) is 0.855. The summed E-state index contributed by atoms with van der Waals surface area (Å²) in [6.45, 7) is 6.90. The van der Waals surface area contributed by atoms with Gasteiger partial charge in [-0.05, 0) is 0 Å². The highest BCUT2D eigenvalue weighted by Gasteiger charge is 2.17. The first-order valence-electron chi connectivity index (χ1n) is 3.25. The number of quaternary nitrogens is 1. The smallest absolute Gasteiger partial charge is 0.0828 e. The van der Waals surface area contributed by atoms with Gasteiger partial charge in [0.05, 0.1) is 20.6 Å². The van der Waals surface area contributed by atoms with Gasteiger partial charge in [-0.1, -0.05) is 20.8 Å². The van der Waals surface area contributed by atoms with Crippen molar-refractivity contribution in [3.8, 4) is 0 Å². The van der Waals surface area contributed by atoms with Gasteiger partial charge in [-0.15, -0.1) is 0 Å². The Bertz CT molecular complexity index is 74.1. The predicted octanol–water partition coefficient (Wildman–Crippen LogP) is 1.61. The number of rotatable bonds is 1. The quantitative estimate of drug-likeness (QED) is 0.391. The maximum atomic E-state index is 11.1. The summed E-state index contributed by atoms with van der Waals surface area (Å²) in [5.74, 6) is 0. The molecule has 0 aliphatic carbocycles. The Labute approximate surface area is 57.6 Å². The molecular formula is C7H17NO. The summed E-state index contributed by atoms with van der Waals surface area (Å²) in [5, 5.41) is 11.1. The third-order valence-electron chi connectivity index (χ3n) is 0.855. The number of nitrogens with zero attached hydrogens (tertiary/aromatic N) is 1. The van der Waals surface area contributed by atoms with E-state index >= 15 is 0 Å². The molecule has 0 N–H and O–H groups in total. The molecule has 0 aromatic carbocycles. The molecule has 2 nitrogen and oxygen atoms in total. The zero-order valence-corrected chi connectivity index (χ0v) is 7.06. The summed E-state index contributed by atoms with van der Waals surface area (Å²) in [4.78, 5) is 0. The van der Waals surface area contributed by atoms with Crippen LogP contribution in [0.1, 0.15) is 20.8 Å². The third kappa shape index (κ3) is 7.92. The van der Waals surface area contributed by atoms with Crippen molar-refractivity contribution < 1.29 is 4.65 Å². The van der Waals surface area contributed by atoms with Crippen molar-refractivity contribution >= 4 is 0 Å². The minimum Gasteiger partial charge on any atom is -0.633 e. The molecule has 0 saturated heterocycles. The molecule has 0 aliphatic heterocycles. The van der Waals surface area contributed by atoms with E-state index < -0.39 is 0 Å².